The highest BCUT2D eigenvalue weighted by molar-refractivity contribution is 5.27. The summed E-state index contributed by atoms with van der Waals surface area (Å²) in [5, 5.41) is 0. The molecule has 1 fully saturated rings. The zero-order valence-corrected chi connectivity index (χ0v) is 10.4. The van der Waals surface area contributed by atoms with Gasteiger partial charge in [-0.05, 0) is 49.8 Å². The fourth-order valence-electron chi connectivity index (χ4n) is 2.60. The van der Waals surface area contributed by atoms with Crippen molar-refractivity contribution in [3.8, 4) is 5.75 Å². The van der Waals surface area contributed by atoms with E-state index in [0.29, 0.717) is 6.10 Å². The van der Waals surface area contributed by atoms with Crippen molar-refractivity contribution in [1.29, 1.82) is 0 Å². The number of benzene rings is 1. The molecule has 0 amide bonds. The van der Waals surface area contributed by atoms with Gasteiger partial charge in [0.1, 0.15) is 5.75 Å². The molecule has 0 aromatic heterocycles. The first-order chi connectivity index (χ1) is 7.78. The molecule has 0 aliphatic heterocycles. The van der Waals surface area contributed by atoms with E-state index < -0.39 is 0 Å². The van der Waals surface area contributed by atoms with E-state index in [0.717, 1.165) is 11.7 Å². The van der Waals surface area contributed by atoms with E-state index in [9.17, 15) is 0 Å². The highest BCUT2D eigenvalue weighted by Gasteiger charge is 2.21. The fraction of sp³-hybridized carbons (Fsp3) is 0.600. The van der Waals surface area contributed by atoms with E-state index in [1.54, 1.807) is 0 Å². The van der Waals surface area contributed by atoms with Crippen LogP contribution in [0.1, 0.15) is 44.6 Å². The monoisotopic (exact) mass is 218 g/mol. The molecule has 0 bridgehead atoms. The minimum Gasteiger partial charge on any atom is -0.490 e. The zero-order valence-electron chi connectivity index (χ0n) is 10.4. The molecule has 2 rings (SSSR count). The predicted molar refractivity (Wildman–Crippen MR) is 67.8 cm³/mol. The number of hydrogen-bond acceptors (Lipinski definition) is 1. The number of aryl methyl sites for hydroxylation is 1. The predicted octanol–water partition coefficient (Wildman–Crippen LogP) is 4.34. The Balaban J connectivity index is 1.94. The number of hydrogen-bond donors (Lipinski definition) is 0. The van der Waals surface area contributed by atoms with Gasteiger partial charge in [-0.1, -0.05) is 31.9 Å². The van der Waals surface area contributed by atoms with Crippen molar-refractivity contribution >= 4 is 0 Å². The lowest BCUT2D eigenvalue weighted by molar-refractivity contribution is 0.122. The molecule has 0 radical (unpaired) electrons. The van der Waals surface area contributed by atoms with E-state index in [1.807, 2.05) is 0 Å². The lowest BCUT2D eigenvalue weighted by Crippen LogP contribution is -2.25. The van der Waals surface area contributed by atoms with Crippen LogP contribution in [0.5, 0.6) is 5.75 Å². The smallest absolute Gasteiger partial charge is 0.119 e. The molecular formula is C15H22O. The molecule has 16 heavy (non-hydrogen) atoms. The lowest BCUT2D eigenvalue weighted by Gasteiger charge is -2.29. The molecule has 1 aliphatic carbocycles. The Morgan fingerprint density at radius 3 is 2.94 bits per heavy atom. The first kappa shape index (κ1) is 11.5. The maximum absolute atomic E-state index is 6.07. The van der Waals surface area contributed by atoms with Crippen molar-refractivity contribution in [2.75, 3.05) is 0 Å². The topological polar surface area (TPSA) is 9.23 Å². The quantitative estimate of drug-likeness (QED) is 0.733. The van der Waals surface area contributed by atoms with Gasteiger partial charge in [0, 0.05) is 0 Å². The average molecular weight is 218 g/mol. The Hall–Kier alpha value is -0.980. The van der Waals surface area contributed by atoms with Crippen LogP contribution >= 0.6 is 0 Å². The summed E-state index contributed by atoms with van der Waals surface area (Å²) in [6, 6.07) is 8.39. The molecule has 2 atom stereocenters. The highest BCUT2D eigenvalue weighted by Crippen LogP contribution is 2.29. The minimum absolute atomic E-state index is 0.445. The number of rotatable bonds is 3. The van der Waals surface area contributed by atoms with E-state index in [1.165, 1.54) is 37.7 Å². The molecule has 1 saturated carbocycles. The summed E-state index contributed by atoms with van der Waals surface area (Å²) in [6.45, 7) is 4.41. The standard InChI is InChI=1S/C15H22O/c1-3-13-7-5-9-15(11-13)16-14-8-4-6-12(2)10-14/h4,6,8,10,13,15H,3,5,7,9,11H2,1-2H3. The van der Waals surface area contributed by atoms with E-state index in [-0.39, 0.29) is 0 Å². The summed E-state index contributed by atoms with van der Waals surface area (Å²) in [6.07, 6.45) is 6.93. The van der Waals surface area contributed by atoms with Crippen LogP contribution in [0.15, 0.2) is 24.3 Å². The molecule has 0 spiro atoms. The van der Waals surface area contributed by atoms with Gasteiger partial charge in [-0.25, -0.2) is 0 Å². The van der Waals surface area contributed by atoms with Gasteiger partial charge in [0.2, 0.25) is 0 Å². The SMILES string of the molecule is CCC1CCCC(Oc2cccc(C)c2)C1. The van der Waals surface area contributed by atoms with E-state index >= 15 is 0 Å². The third-order valence-corrected chi connectivity index (χ3v) is 3.60. The highest BCUT2D eigenvalue weighted by atomic mass is 16.5. The van der Waals surface area contributed by atoms with Crippen LogP contribution in [0, 0.1) is 12.8 Å². The van der Waals surface area contributed by atoms with Crippen molar-refractivity contribution in [2.45, 2.75) is 52.1 Å². The minimum atomic E-state index is 0.445. The van der Waals surface area contributed by atoms with Crippen LogP contribution in [0.25, 0.3) is 0 Å². The summed E-state index contributed by atoms with van der Waals surface area (Å²) >= 11 is 0. The Morgan fingerprint density at radius 2 is 2.19 bits per heavy atom. The van der Waals surface area contributed by atoms with Gasteiger partial charge < -0.3 is 4.74 Å². The van der Waals surface area contributed by atoms with Gasteiger partial charge >= 0.3 is 0 Å². The zero-order chi connectivity index (χ0) is 11.4. The van der Waals surface area contributed by atoms with Crippen molar-refractivity contribution in [1.82, 2.24) is 0 Å². The summed E-state index contributed by atoms with van der Waals surface area (Å²) in [5.41, 5.74) is 1.28. The van der Waals surface area contributed by atoms with Crippen LogP contribution in [-0.4, -0.2) is 6.10 Å². The Bertz CT molecular complexity index is 332. The molecule has 1 nitrogen and oxygen atoms in total. The molecular weight excluding hydrogens is 196 g/mol. The lowest BCUT2D eigenvalue weighted by atomic mass is 9.85. The second-order valence-electron chi connectivity index (χ2n) is 5.00. The summed E-state index contributed by atoms with van der Waals surface area (Å²) in [4.78, 5) is 0. The van der Waals surface area contributed by atoms with Gasteiger partial charge in [-0.15, -0.1) is 0 Å². The summed E-state index contributed by atoms with van der Waals surface area (Å²) in [5.74, 6) is 1.92. The van der Waals surface area contributed by atoms with Crippen molar-refractivity contribution in [2.24, 2.45) is 5.92 Å². The largest absolute Gasteiger partial charge is 0.490 e. The Kier molecular flexibility index (Phi) is 3.87. The van der Waals surface area contributed by atoms with Gasteiger partial charge in [0.25, 0.3) is 0 Å². The second-order valence-corrected chi connectivity index (χ2v) is 5.00. The first-order valence-electron chi connectivity index (χ1n) is 6.51. The molecule has 2 unspecified atom stereocenters. The maximum atomic E-state index is 6.07. The second kappa shape index (κ2) is 5.38. The van der Waals surface area contributed by atoms with Crippen LogP contribution in [0.4, 0.5) is 0 Å². The molecule has 88 valence electrons. The van der Waals surface area contributed by atoms with Gasteiger partial charge in [-0.2, -0.15) is 0 Å². The maximum Gasteiger partial charge on any atom is 0.119 e. The van der Waals surface area contributed by atoms with Gasteiger partial charge in [0.15, 0.2) is 0 Å². The van der Waals surface area contributed by atoms with E-state index in [4.69, 9.17) is 4.74 Å². The van der Waals surface area contributed by atoms with Crippen LogP contribution in [0.2, 0.25) is 0 Å². The molecule has 1 aliphatic rings. The summed E-state index contributed by atoms with van der Waals surface area (Å²) < 4.78 is 6.07. The van der Waals surface area contributed by atoms with Crippen LogP contribution in [-0.2, 0) is 0 Å². The third kappa shape index (κ3) is 3.01. The van der Waals surface area contributed by atoms with Gasteiger partial charge in [-0.3, -0.25) is 0 Å². The van der Waals surface area contributed by atoms with Crippen molar-refractivity contribution < 1.29 is 4.74 Å². The van der Waals surface area contributed by atoms with E-state index in [2.05, 4.69) is 38.1 Å². The van der Waals surface area contributed by atoms with Crippen molar-refractivity contribution in [3.63, 3.8) is 0 Å². The number of ether oxygens (including phenoxy) is 1. The molecule has 0 saturated heterocycles. The molecule has 0 N–H and O–H groups in total. The normalized spacial score (nSPS) is 25.4. The average Bonchev–Trinajstić information content (AvgIpc) is 2.29. The Labute approximate surface area is 98.8 Å². The first-order valence-corrected chi connectivity index (χ1v) is 6.51. The van der Waals surface area contributed by atoms with Crippen molar-refractivity contribution in [3.05, 3.63) is 29.8 Å². The Morgan fingerprint density at radius 1 is 1.31 bits per heavy atom. The molecule has 0 heterocycles. The van der Waals surface area contributed by atoms with Crippen LogP contribution < -0.4 is 4.74 Å². The molecule has 1 aromatic rings. The van der Waals surface area contributed by atoms with Crippen LogP contribution in [0.3, 0.4) is 0 Å². The third-order valence-electron chi connectivity index (χ3n) is 3.60. The molecule has 1 heteroatoms. The molecule has 1 aromatic carbocycles. The fourth-order valence-corrected chi connectivity index (χ4v) is 2.60. The summed E-state index contributed by atoms with van der Waals surface area (Å²) in [7, 11) is 0. The van der Waals surface area contributed by atoms with Gasteiger partial charge in [0.05, 0.1) is 6.10 Å².